The number of hydrogen-bond donors (Lipinski definition) is 2. The van der Waals surface area contributed by atoms with Gasteiger partial charge in [-0.1, -0.05) is 6.92 Å². The molecule has 0 atom stereocenters. The van der Waals surface area contributed by atoms with Crippen molar-refractivity contribution in [1.82, 2.24) is 0 Å². The molecule has 0 aliphatic rings. The van der Waals surface area contributed by atoms with E-state index in [4.69, 9.17) is 5.73 Å². The molecule has 0 fully saturated rings. The molecule has 1 aromatic carbocycles. The highest BCUT2D eigenvalue weighted by Gasteiger charge is 2.12. The minimum absolute atomic E-state index is 0.0755. The van der Waals surface area contributed by atoms with E-state index in [1.54, 1.807) is 12.1 Å². The predicted molar refractivity (Wildman–Crippen MR) is 49.8 cm³/mol. The van der Waals surface area contributed by atoms with Gasteiger partial charge in [-0.25, -0.2) is 0 Å². The first-order valence-electron chi connectivity index (χ1n) is 4.15. The molecule has 1 rings (SSSR count). The molecule has 70 valence electrons. The van der Waals surface area contributed by atoms with Gasteiger partial charge < -0.3 is 5.11 Å². The van der Waals surface area contributed by atoms with Gasteiger partial charge in [-0.05, 0) is 12.5 Å². The van der Waals surface area contributed by atoms with Crippen molar-refractivity contribution < 1.29 is 9.87 Å². The Morgan fingerprint density at radius 2 is 2.23 bits per heavy atom. The first kappa shape index (κ1) is 9.67. The summed E-state index contributed by atoms with van der Waals surface area (Å²) in [6, 6.07) is 4.71. The van der Waals surface area contributed by atoms with Crippen molar-refractivity contribution in [2.24, 2.45) is 5.73 Å². The lowest BCUT2D eigenvalue weighted by molar-refractivity contribution is -0.461. The summed E-state index contributed by atoms with van der Waals surface area (Å²) in [6.07, 6.45) is 0.693. The van der Waals surface area contributed by atoms with Gasteiger partial charge in [0, 0.05) is 22.6 Å². The molecule has 0 aliphatic carbocycles. The molecule has 0 radical (unpaired) electrons. The monoisotopic (exact) mass is 181 g/mol. The minimum atomic E-state index is -0.0755. The molecule has 0 spiro atoms. The van der Waals surface area contributed by atoms with Crippen LogP contribution in [0, 0.1) is 4.91 Å². The minimum Gasteiger partial charge on any atom is -0.508 e. The van der Waals surface area contributed by atoms with Crippen LogP contribution >= 0.6 is 0 Å². The summed E-state index contributed by atoms with van der Waals surface area (Å²) < 4.78 is 0.679. The summed E-state index contributed by atoms with van der Waals surface area (Å²) >= 11 is 0. The quantitative estimate of drug-likeness (QED) is 0.545. The Hall–Kier alpha value is -1.42. The number of nitrogens with two attached hydrogens (primary N) is 1. The van der Waals surface area contributed by atoms with Gasteiger partial charge in [-0.3, -0.25) is 5.73 Å². The van der Waals surface area contributed by atoms with Crippen molar-refractivity contribution in [1.29, 1.82) is 0 Å². The average Bonchev–Trinajstić information content (AvgIpc) is 2.17. The SMILES string of the molecule is CCc1cc([N+](=O)CN)ccc1O. The fraction of sp³-hybridized carbons (Fsp3) is 0.333. The molecule has 0 saturated carbocycles. The van der Waals surface area contributed by atoms with Gasteiger partial charge in [0.1, 0.15) is 5.75 Å². The lowest BCUT2D eigenvalue weighted by Crippen LogP contribution is -2.12. The highest BCUT2D eigenvalue weighted by atomic mass is 16.3. The zero-order valence-electron chi connectivity index (χ0n) is 7.53. The molecule has 0 bridgehead atoms. The van der Waals surface area contributed by atoms with E-state index in [0.29, 0.717) is 16.9 Å². The van der Waals surface area contributed by atoms with Gasteiger partial charge in [-0.2, -0.15) is 0 Å². The van der Waals surface area contributed by atoms with Crippen LogP contribution in [0.3, 0.4) is 0 Å². The van der Waals surface area contributed by atoms with Crippen LogP contribution in [0.25, 0.3) is 0 Å². The molecule has 1 aromatic rings. The Morgan fingerprint density at radius 3 is 2.77 bits per heavy atom. The normalized spacial score (nSPS) is 10.0. The molecule has 0 saturated heterocycles. The van der Waals surface area contributed by atoms with Crippen molar-refractivity contribution in [3.05, 3.63) is 28.7 Å². The third-order valence-corrected chi connectivity index (χ3v) is 1.90. The Kier molecular flexibility index (Phi) is 2.97. The molecule has 4 heteroatoms. The molecule has 13 heavy (non-hydrogen) atoms. The molecule has 0 amide bonds. The number of phenols is 1. The van der Waals surface area contributed by atoms with Crippen LogP contribution < -0.4 is 5.73 Å². The summed E-state index contributed by atoms with van der Waals surface area (Å²) in [4.78, 5) is 11.1. The second-order valence-corrected chi connectivity index (χ2v) is 2.73. The van der Waals surface area contributed by atoms with E-state index in [0.717, 1.165) is 5.56 Å². The van der Waals surface area contributed by atoms with E-state index in [1.807, 2.05) is 6.92 Å². The number of nitrogens with zero attached hydrogens (tertiary/aromatic N) is 1. The van der Waals surface area contributed by atoms with Crippen LogP contribution in [-0.4, -0.2) is 16.5 Å². The lowest BCUT2D eigenvalue weighted by atomic mass is 10.1. The third kappa shape index (κ3) is 2.03. The first-order chi connectivity index (χ1) is 6.19. The van der Waals surface area contributed by atoms with Crippen molar-refractivity contribution >= 4 is 5.69 Å². The summed E-state index contributed by atoms with van der Waals surface area (Å²) in [5.41, 5.74) is 6.42. The molecule has 4 nitrogen and oxygen atoms in total. The molecule has 3 N–H and O–H groups in total. The van der Waals surface area contributed by atoms with Gasteiger partial charge in [0.05, 0.1) is 4.76 Å². The number of nitroso groups, excluding NO2 is 1. The van der Waals surface area contributed by atoms with Crippen molar-refractivity contribution in [3.63, 3.8) is 0 Å². The maximum Gasteiger partial charge on any atom is 0.258 e. The number of rotatable bonds is 3. The molecule has 0 aromatic heterocycles. The van der Waals surface area contributed by atoms with Crippen molar-refractivity contribution in [3.8, 4) is 5.75 Å². The zero-order chi connectivity index (χ0) is 9.84. The van der Waals surface area contributed by atoms with E-state index in [2.05, 4.69) is 0 Å². The van der Waals surface area contributed by atoms with E-state index in [9.17, 15) is 10.0 Å². The zero-order valence-corrected chi connectivity index (χ0v) is 7.53. The fourth-order valence-electron chi connectivity index (χ4n) is 1.12. The fourth-order valence-corrected chi connectivity index (χ4v) is 1.12. The molecular weight excluding hydrogens is 168 g/mol. The average molecular weight is 181 g/mol. The molecular formula is C9H13N2O2+. The lowest BCUT2D eigenvalue weighted by Gasteiger charge is -1.99. The second kappa shape index (κ2) is 4.00. The Morgan fingerprint density at radius 1 is 1.54 bits per heavy atom. The van der Waals surface area contributed by atoms with Gasteiger partial charge in [0.15, 0.2) is 0 Å². The maximum atomic E-state index is 11.1. The van der Waals surface area contributed by atoms with Gasteiger partial charge >= 0.3 is 0 Å². The standard InChI is InChI=1S/C9H12N2O2/c1-2-7-5-8(11(13)6-10)3-4-9(7)12/h3-5H,2,6,10H2,1H3/p+1. The van der Waals surface area contributed by atoms with Crippen LogP contribution in [0.2, 0.25) is 0 Å². The topological polar surface area (TPSA) is 66.3 Å². The van der Waals surface area contributed by atoms with Crippen LogP contribution in [0.4, 0.5) is 5.69 Å². The van der Waals surface area contributed by atoms with Gasteiger partial charge in [-0.15, -0.1) is 0 Å². The molecule has 0 unspecified atom stereocenters. The van der Waals surface area contributed by atoms with Crippen LogP contribution in [0.5, 0.6) is 5.75 Å². The highest BCUT2D eigenvalue weighted by molar-refractivity contribution is 5.42. The Balaban J connectivity index is 3.06. The van der Waals surface area contributed by atoms with E-state index >= 15 is 0 Å². The second-order valence-electron chi connectivity index (χ2n) is 2.73. The Labute approximate surface area is 76.6 Å². The number of aryl methyl sites for hydroxylation is 1. The summed E-state index contributed by atoms with van der Waals surface area (Å²) in [6.45, 7) is 1.84. The first-order valence-corrected chi connectivity index (χ1v) is 4.15. The molecule has 0 aliphatic heterocycles. The predicted octanol–water partition coefficient (Wildman–Crippen LogP) is 1.28. The third-order valence-electron chi connectivity index (χ3n) is 1.90. The highest BCUT2D eigenvalue weighted by Crippen LogP contribution is 2.22. The number of phenolic OH excluding ortho intramolecular Hbond substituents is 1. The van der Waals surface area contributed by atoms with Crippen molar-refractivity contribution in [2.45, 2.75) is 13.3 Å². The number of benzene rings is 1. The van der Waals surface area contributed by atoms with Crippen LogP contribution in [0.1, 0.15) is 12.5 Å². The van der Waals surface area contributed by atoms with Crippen LogP contribution in [-0.2, 0) is 6.42 Å². The van der Waals surface area contributed by atoms with Crippen molar-refractivity contribution in [2.75, 3.05) is 6.67 Å². The Bertz CT molecular complexity index is 323. The smallest absolute Gasteiger partial charge is 0.258 e. The summed E-state index contributed by atoms with van der Waals surface area (Å²) in [5, 5.41) is 9.34. The van der Waals surface area contributed by atoms with E-state index in [-0.39, 0.29) is 12.4 Å². The molecule has 0 heterocycles. The summed E-state index contributed by atoms with van der Waals surface area (Å²) in [7, 11) is 0. The van der Waals surface area contributed by atoms with Gasteiger partial charge in [0.25, 0.3) is 5.69 Å². The maximum absolute atomic E-state index is 11.1. The van der Waals surface area contributed by atoms with E-state index in [1.165, 1.54) is 6.07 Å². The van der Waals surface area contributed by atoms with Crippen LogP contribution in [0.15, 0.2) is 18.2 Å². The number of aromatic hydroxyl groups is 1. The largest absolute Gasteiger partial charge is 0.508 e. The van der Waals surface area contributed by atoms with E-state index < -0.39 is 0 Å². The number of hydrogen-bond acceptors (Lipinski definition) is 3. The summed E-state index contributed by atoms with van der Waals surface area (Å²) in [5.74, 6) is 0.219. The van der Waals surface area contributed by atoms with Gasteiger partial charge in [0.2, 0.25) is 6.67 Å².